The summed E-state index contributed by atoms with van der Waals surface area (Å²) in [5, 5.41) is 3.04. The van der Waals surface area contributed by atoms with Crippen LogP contribution in [0.2, 0.25) is 0 Å². The molecule has 1 aromatic rings. The molecule has 0 aliphatic carbocycles. The zero-order valence-electron chi connectivity index (χ0n) is 9.73. The summed E-state index contributed by atoms with van der Waals surface area (Å²) >= 11 is 0. The van der Waals surface area contributed by atoms with Crippen molar-refractivity contribution >= 4 is 11.8 Å². The van der Waals surface area contributed by atoms with Crippen LogP contribution in [0.25, 0.3) is 0 Å². The van der Waals surface area contributed by atoms with Crippen molar-refractivity contribution in [3.8, 4) is 0 Å². The number of hydrogen-bond donors (Lipinski definition) is 1. The number of hydrogen-bond acceptors (Lipinski definition) is 6. The molecule has 0 saturated heterocycles. The van der Waals surface area contributed by atoms with Crippen LogP contribution < -0.4 is 10.2 Å². The number of methoxy groups -OCH3 is 1. The highest BCUT2D eigenvalue weighted by Crippen LogP contribution is 2.06. The van der Waals surface area contributed by atoms with E-state index < -0.39 is 5.97 Å². The lowest BCUT2D eigenvalue weighted by molar-refractivity contribution is 0.0593. The Hall–Kier alpha value is -1.69. The molecule has 0 radical (unpaired) electrons. The van der Waals surface area contributed by atoms with Crippen LogP contribution in [0, 0.1) is 0 Å². The molecule has 0 amide bonds. The average Bonchev–Trinajstić information content (AvgIpc) is 2.35. The first-order valence-corrected chi connectivity index (χ1v) is 4.95. The van der Waals surface area contributed by atoms with E-state index in [1.54, 1.807) is 6.20 Å². The smallest absolute Gasteiger partial charge is 0.358 e. The van der Waals surface area contributed by atoms with Crippen molar-refractivity contribution in [2.45, 2.75) is 0 Å². The van der Waals surface area contributed by atoms with Gasteiger partial charge in [-0.3, -0.25) is 0 Å². The summed E-state index contributed by atoms with van der Waals surface area (Å²) in [5.74, 6) is 0.250. The highest BCUT2D eigenvalue weighted by Gasteiger charge is 2.08. The van der Waals surface area contributed by atoms with Crippen molar-refractivity contribution < 1.29 is 9.53 Å². The van der Waals surface area contributed by atoms with E-state index in [-0.39, 0.29) is 5.69 Å². The molecule has 0 spiro atoms. The van der Waals surface area contributed by atoms with Crippen LogP contribution >= 0.6 is 0 Å². The molecule has 1 N–H and O–H groups in total. The molecule has 6 heteroatoms. The molecule has 0 aliphatic heterocycles. The van der Waals surface area contributed by atoms with Gasteiger partial charge in [0.05, 0.1) is 19.5 Å². The van der Waals surface area contributed by atoms with Gasteiger partial charge in [-0.25, -0.2) is 14.8 Å². The number of carbonyl (C=O) groups excluding carboxylic acids is 1. The summed E-state index contributed by atoms with van der Waals surface area (Å²) in [6.45, 7) is 1.68. The van der Waals surface area contributed by atoms with Crippen LogP contribution in [0.4, 0.5) is 5.82 Å². The van der Waals surface area contributed by atoms with E-state index in [0.29, 0.717) is 0 Å². The third kappa shape index (κ3) is 3.16. The van der Waals surface area contributed by atoms with E-state index in [9.17, 15) is 4.79 Å². The van der Waals surface area contributed by atoms with Gasteiger partial charge < -0.3 is 15.0 Å². The predicted octanol–water partition coefficient (Wildman–Crippen LogP) is -0.0812. The number of carbonyl (C=O) groups is 1. The van der Waals surface area contributed by atoms with Gasteiger partial charge in [-0.2, -0.15) is 0 Å². The number of anilines is 1. The first-order chi connectivity index (χ1) is 7.69. The third-order valence-corrected chi connectivity index (χ3v) is 2.12. The highest BCUT2D eigenvalue weighted by molar-refractivity contribution is 5.86. The van der Waals surface area contributed by atoms with Crippen LogP contribution in [0.1, 0.15) is 10.5 Å². The Balaban J connectivity index is 2.67. The lowest BCUT2D eigenvalue weighted by atomic mass is 10.4. The summed E-state index contributed by atoms with van der Waals surface area (Å²) in [6.07, 6.45) is 2.97. The quantitative estimate of drug-likeness (QED) is 0.705. The van der Waals surface area contributed by atoms with E-state index in [0.717, 1.165) is 18.9 Å². The molecule has 0 unspecified atom stereocenters. The fourth-order valence-corrected chi connectivity index (χ4v) is 1.12. The molecule has 0 atom stereocenters. The minimum atomic E-state index is -0.475. The Bertz CT molecular complexity index is 339. The van der Waals surface area contributed by atoms with E-state index in [1.165, 1.54) is 13.3 Å². The summed E-state index contributed by atoms with van der Waals surface area (Å²) < 4.78 is 4.54. The van der Waals surface area contributed by atoms with Crippen molar-refractivity contribution in [3.63, 3.8) is 0 Å². The minimum absolute atomic E-state index is 0.216. The average molecular weight is 224 g/mol. The lowest BCUT2D eigenvalue weighted by Gasteiger charge is -2.17. The first kappa shape index (κ1) is 12.4. The van der Waals surface area contributed by atoms with Gasteiger partial charge in [0.15, 0.2) is 5.69 Å². The predicted molar refractivity (Wildman–Crippen MR) is 60.6 cm³/mol. The monoisotopic (exact) mass is 224 g/mol. The fourth-order valence-electron chi connectivity index (χ4n) is 1.12. The Kier molecular flexibility index (Phi) is 4.65. The second-order valence-corrected chi connectivity index (χ2v) is 3.28. The zero-order valence-corrected chi connectivity index (χ0v) is 9.73. The summed E-state index contributed by atoms with van der Waals surface area (Å²) in [7, 11) is 5.12. The first-order valence-electron chi connectivity index (χ1n) is 4.95. The Morgan fingerprint density at radius 3 is 2.75 bits per heavy atom. The molecular formula is C10H16N4O2. The molecule has 0 saturated carbocycles. The fraction of sp³-hybridized carbons (Fsp3) is 0.500. The normalized spacial score (nSPS) is 9.94. The second-order valence-electron chi connectivity index (χ2n) is 3.28. The number of nitrogens with one attached hydrogen (secondary N) is 1. The lowest BCUT2D eigenvalue weighted by Crippen LogP contribution is -2.27. The highest BCUT2D eigenvalue weighted by atomic mass is 16.5. The van der Waals surface area contributed by atoms with Gasteiger partial charge in [-0.05, 0) is 7.05 Å². The molecule has 0 fully saturated rings. The van der Waals surface area contributed by atoms with E-state index >= 15 is 0 Å². The van der Waals surface area contributed by atoms with Crippen molar-refractivity contribution in [3.05, 3.63) is 18.1 Å². The maximum atomic E-state index is 11.1. The molecule has 0 bridgehead atoms. The molecular weight excluding hydrogens is 208 g/mol. The summed E-state index contributed by atoms with van der Waals surface area (Å²) in [5.41, 5.74) is 0.216. The summed E-state index contributed by atoms with van der Waals surface area (Å²) in [4.78, 5) is 21.2. The van der Waals surface area contributed by atoms with Crippen molar-refractivity contribution in [2.75, 3.05) is 39.2 Å². The molecule has 1 aromatic heterocycles. The molecule has 0 aromatic carbocycles. The molecule has 1 heterocycles. The standard InChI is InChI=1S/C10H16N4O2/c1-11-4-5-14(2)9-7-12-8(6-13-9)10(15)16-3/h6-7,11H,4-5H2,1-3H3. The number of nitrogens with zero attached hydrogens (tertiary/aromatic N) is 3. The topological polar surface area (TPSA) is 67.4 Å². The van der Waals surface area contributed by atoms with Gasteiger partial charge in [-0.15, -0.1) is 0 Å². The third-order valence-electron chi connectivity index (χ3n) is 2.12. The second kappa shape index (κ2) is 6.02. The Morgan fingerprint density at radius 2 is 2.25 bits per heavy atom. The van der Waals surface area contributed by atoms with Crippen LogP contribution in [0.5, 0.6) is 0 Å². The number of likely N-dealkylation sites (N-methyl/N-ethyl adjacent to an activating group) is 2. The van der Waals surface area contributed by atoms with Gasteiger partial charge >= 0.3 is 5.97 Å². The van der Waals surface area contributed by atoms with E-state index in [4.69, 9.17) is 0 Å². The molecule has 1 rings (SSSR count). The van der Waals surface area contributed by atoms with Crippen LogP contribution in [-0.2, 0) is 4.74 Å². The van der Waals surface area contributed by atoms with Crippen molar-refractivity contribution in [1.29, 1.82) is 0 Å². The van der Waals surface area contributed by atoms with Gasteiger partial charge in [0.25, 0.3) is 0 Å². The van der Waals surface area contributed by atoms with Crippen LogP contribution in [0.15, 0.2) is 12.4 Å². The number of ether oxygens (including phenoxy) is 1. The van der Waals surface area contributed by atoms with Gasteiger partial charge in [0.2, 0.25) is 0 Å². The van der Waals surface area contributed by atoms with E-state index in [2.05, 4.69) is 20.0 Å². The molecule has 6 nitrogen and oxygen atoms in total. The maximum absolute atomic E-state index is 11.1. The number of rotatable bonds is 5. The van der Waals surface area contributed by atoms with E-state index in [1.807, 2.05) is 19.0 Å². The van der Waals surface area contributed by atoms with Gasteiger partial charge in [0.1, 0.15) is 5.82 Å². The van der Waals surface area contributed by atoms with Crippen LogP contribution in [0.3, 0.4) is 0 Å². The van der Waals surface area contributed by atoms with Gasteiger partial charge in [-0.1, -0.05) is 0 Å². The molecule has 16 heavy (non-hydrogen) atoms. The number of aromatic nitrogens is 2. The minimum Gasteiger partial charge on any atom is -0.464 e. The molecule has 88 valence electrons. The van der Waals surface area contributed by atoms with Gasteiger partial charge in [0, 0.05) is 20.1 Å². The zero-order chi connectivity index (χ0) is 12.0. The largest absolute Gasteiger partial charge is 0.464 e. The SMILES string of the molecule is CNCCN(C)c1cnc(C(=O)OC)cn1. The molecule has 0 aliphatic rings. The van der Waals surface area contributed by atoms with Crippen molar-refractivity contribution in [1.82, 2.24) is 15.3 Å². The van der Waals surface area contributed by atoms with Crippen molar-refractivity contribution in [2.24, 2.45) is 0 Å². The Labute approximate surface area is 94.6 Å². The number of esters is 1. The van der Waals surface area contributed by atoms with Crippen LogP contribution in [-0.4, -0.2) is 50.2 Å². The summed E-state index contributed by atoms with van der Waals surface area (Å²) in [6, 6.07) is 0. The maximum Gasteiger partial charge on any atom is 0.358 e. The Morgan fingerprint density at radius 1 is 1.50 bits per heavy atom.